The molecule has 2 N–H and O–H groups in total. The number of rotatable bonds is 5. The molecule has 2 aromatic rings. The lowest BCUT2D eigenvalue weighted by Crippen LogP contribution is -2.37. The molecule has 2 heterocycles. The number of amides is 1. The van der Waals surface area contributed by atoms with Gasteiger partial charge < -0.3 is 10.6 Å². The Balaban J connectivity index is 2.08. The number of hydrogen-bond acceptors (Lipinski definition) is 4. The minimum absolute atomic E-state index is 0.106. The van der Waals surface area contributed by atoms with Gasteiger partial charge in [0.2, 0.25) is 0 Å². The van der Waals surface area contributed by atoms with Gasteiger partial charge in [0.1, 0.15) is 12.1 Å². The van der Waals surface area contributed by atoms with Crippen molar-refractivity contribution in [1.29, 1.82) is 0 Å². The summed E-state index contributed by atoms with van der Waals surface area (Å²) in [7, 11) is 1.86. The van der Waals surface area contributed by atoms with Crippen LogP contribution in [0.15, 0.2) is 37.1 Å². The third-order valence-electron chi connectivity index (χ3n) is 2.84. The number of imidazole rings is 1. The first-order valence-electron chi connectivity index (χ1n) is 6.10. The largest absolute Gasteiger partial charge is 0.350 e. The van der Waals surface area contributed by atoms with Crippen LogP contribution in [0, 0.1) is 0 Å². The summed E-state index contributed by atoms with van der Waals surface area (Å²) in [5, 5.41) is 5.93. The number of likely N-dealkylation sites (N-methyl/N-ethyl adjacent to an activating group) is 1. The molecule has 0 aliphatic carbocycles. The van der Waals surface area contributed by atoms with Crippen molar-refractivity contribution in [2.45, 2.75) is 13.0 Å². The molecule has 19 heavy (non-hydrogen) atoms. The number of pyridine rings is 1. The molecular formula is C13H17N5O. The highest BCUT2D eigenvalue weighted by Crippen LogP contribution is 2.06. The average molecular weight is 259 g/mol. The second kappa shape index (κ2) is 6.10. The van der Waals surface area contributed by atoms with E-state index >= 15 is 0 Å². The summed E-state index contributed by atoms with van der Waals surface area (Å²) < 4.78 is 1.76. The molecule has 2 rings (SSSR count). The van der Waals surface area contributed by atoms with Crippen LogP contribution in [0.3, 0.4) is 0 Å². The standard InChI is InChI=1S/C13H17N5O/c1-10(14-2)8-17-13(19)11-3-4-16-12(7-11)18-6-5-15-9-18/h3-7,9-10,14H,8H2,1-2H3,(H,17,19). The van der Waals surface area contributed by atoms with Gasteiger partial charge in [-0.1, -0.05) is 0 Å². The Labute approximate surface area is 111 Å². The van der Waals surface area contributed by atoms with Gasteiger partial charge in [-0.2, -0.15) is 0 Å². The molecule has 1 amide bonds. The van der Waals surface area contributed by atoms with E-state index in [1.807, 2.05) is 14.0 Å². The maximum absolute atomic E-state index is 12.0. The Morgan fingerprint density at radius 1 is 1.47 bits per heavy atom. The number of carbonyl (C=O) groups excluding carboxylic acids is 1. The number of nitrogens with zero attached hydrogens (tertiary/aromatic N) is 3. The molecule has 0 spiro atoms. The molecule has 0 aliphatic heterocycles. The predicted octanol–water partition coefficient (Wildman–Crippen LogP) is 0.605. The summed E-state index contributed by atoms with van der Waals surface area (Å²) in [6, 6.07) is 3.67. The smallest absolute Gasteiger partial charge is 0.251 e. The summed E-state index contributed by atoms with van der Waals surface area (Å²) in [6.45, 7) is 2.59. The van der Waals surface area contributed by atoms with E-state index in [1.165, 1.54) is 0 Å². The van der Waals surface area contributed by atoms with E-state index in [4.69, 9.17) is 0 Å². The average Bonchev–Trinajstić information content (AvgIpc) is 2.98. The van der Waals surface area contributed by atoms with E-state index in [2.05, 4.69) is 20.6 Å². The highest BCUT2D eigenvalue weighted by Gasteiger charge is 2.08. The molecule has 6 heteroatoms. The minimum Gasteiger partial charge on any atom is -0.350 e. The molecule has 0 fully saturated rings. The summed E-state index contributed by atoms with van der Waals surface area (Å²) in [5.41, 5.74) is 0.585. The van der Waals surface area contributed by atoms with Gasteiger partial charge in [0.05, 0.1) is 0 Å². The molecular weight excluding hydrogens is 242 g/mol. The van der Waals surface area contributed by atoms with Crippen molar-refractivity contribution in [1.82, 2.24) is 25.2 Å². The van der Waals surface area contributed by atoms with E-state index in [0.717, 1.165) is 0 Å². The Kier molecular flexibility index (Phi) is 4.25. The van der Waals surface area contributed by atoms with Gasteiger partial charge in [0.15, 0.2) is 0 Å². The summed E-state index contributed by atoms with van der Waals surface area (Å²) in [4.78, 5) is 20.2. The third kappa shape index (κ3) is 3.38. The number of hydrogen-bond donors (Lipinski definition) is 2. The predicted molar refractivity (Wildman–Crippen MR) is 72.2 cm³/mol. The van der Waals surface area contributed by atoms with Gasteiger partial charge in [-0.15, -0.1) is 0 Å². The topological polar surface area (TPSA) is 71.8 Å². The van der Waals surface area contributed by atoms with Crippen molar-refractivity contribution in [3.05, 3.63) is 42.6 Å². The summed E-state index contributed by atoms with van der Waals surface area (Å²) in [5.74, 6) is 0.567. The zero-order valence-corrected chi connectivity index (χ0v) is 11.0. The van der Waals surface area contributed by atoms with Crippen molar-refractivity contribution in [2.75, 3.05) is 13.6 Å². The van der Waals surface area contributed by atoms with Crippen molar-refractivity contribution >= 4 is 5.91 Å². The van der Waals surface area contributed by atoms with Crippen LogP contribution in [0.5, 0.6) is 0 Å². The van der Waals surface area contributed by atoms with Crippen LogP contribution < -0.4 is 10.6 Å². The van der Waals surface area contributed by atoms with Crippen LogP contribution in [0.1, 0.15) is 17.3 Å². The third-order valence-corrected chi connectivity index (χ3v) is 2.84. The first kappa shape index (κ1) is 13.2. The lowest BCUT2D eigenvalue weighted by atomic mass is 10.2. The van der Waals surface area contributed by atoms with Gasteiger partial charge in [0.25, 0.3) is 5.91 Å². The van der Waals surface area contributed by atoms with Crippen molar-refractivity contribution in [2.24, 2.45) is 0 Å². The fourth-order valence-corrected chi connectivity index (χ4v) is 1.55. The lowest BCUT2D eigenvalue weighted by molar-refractivity contribution is 0.0950. The molecule has 0 saturated carbocycles. The van der Waals surface area contributed by atoms with E-state index < -0.39 is 0 Å². The van der Waals surface area contributed by atoms with Crippen LogP contribution in [-0.2, 0) is 0 Å². The Morgan fingerprint density at radius 3 is 3.00 bits per heavy atom. The van der Waals surface area contributed by atoms with Gasteiger partial charge in [-0.05, 0) is 26.1 Å². The van der Waals surface area contributed by atoms with Crippen molar-refractivity contribution in [3.8, 4) is 5.82 Å². The molecule has 0 aliphatic rings. The molecule has 1 atom stereocenters. The van der Waals surface area contributed by atoms with Crippen LogP contribution in [0.25, 0.3) is 5.82 Å². The van der Waals surface area contributed by atoms with Crippen LogP contribution >= 0.6 is 0 Å². The van der Waals surface area contributed by atoms with Crippen molar-refractivity contribution < 1.29 is 4.79 Å². The van der Waals surface area contributed by atoms with Crippen LogP contribution in [0.2, 0.25) is 0 Å². The second-order valence-electron chi connectivity index (χ2n) is 4.27. The Bertz CT molecular complexity index is 538. The molecule has 0 bridgehead atoms. The highest BCUT2D eigenvalue weighted by molar-refractivity contribution is 5.94. The Hall–Kier alpha value is -2.21. The maximum Gasteiger partial charge on any atom is 0.251 e. The fourth-order valence-electron chi connectivity index (χ4n) is 1.55. The molecule has 0 radical (unpaired) electrons. The van der Waals surface area contributed by atoms with Gasteiger partial charge >= 0.3 is 0 Å². The number of carbonyl (C=O) groups is 1. The highest BCUT2D eigenvalue weighted by atomic mass is 16.1. The normalized spacial score (nSPS) is 12.1. The monoisotopic (exact) mass is 259 g/mol. The van der Waals surface area contributed by atoms with Gasteiger partial charge in [-0.3, -0.25) is 9.36 Å². The molecule has 100 valence electrons. The first-order valence-corrected chi connectivity index (χ1v) is 6.10. The van der Waals surface area contributed by atoms with Crippen molar-refractivity contribution in [3.63, 3.8) is 0 Å². The lowest BCUT2D eigenvalue weighted by Gasteiger charge is -2.11. The molecule has 0 saturated heterocycles. The molecule has 1 unspecified atom stereocenters. The van der Waals surface area contributed by atoms with E-state index in [1.54, 1.807) is 41.6 Å². The number of aromatic nitrogens is 3. The van der Waals surface area contributed by atoms with Crippen LogP contribution in [-0.4, -0.2) is 40.1 Å². The quantitative estimate of drug-likeness (QED) is 0.825. The van der Waals surface area contributed by atoms with E-state index in [0.29, 0.717) is 17.9 Å². The Morgan fingerprint density at radius 2 is 2.32 bits per heavy atom. The van der Waals surface area contributed by atoms with E-state index in [-0.39, 0.29) is 11.9 Å². The molecule has 6 nitrogen and oxygen atoms in total. The first-order chi connectivity index (χ1) is 9.20. The van der Waals surface area contributed by atoms with Crippen LogP contribution in [0.4, 0.5) is 0 Å². The number of nitrogens with one attached hydrogen (secondary N) is 2. The SMILES string of the molecule is CNC(C)CNC(=O)c1ccnc(-n2ccnc2)c1. The second-order valence-corrected chi connectivity index (χ2v) is 4.27. The fraction of sp³-hybridized carbons (Fsp3) is 0.308. The van der Waals surface area contributed by atoms with E-state index in [9.17, 15) is 4.79 Å². The zero-order valence-electron chi connectivity index (χ0n) is 11.0. The molecule has 0 aromatic carbocycles. The summed E-state index contributed by atoms with van der Waals surface area (Å²) >= 11 is 0. The van der Waals surface area contributed by atoms with Gasteiger partial charge in [0, 0.05) is 36.7 Å². The molecule has 2 aromatic heterocycles. The maximum atomic E-state index is 12.0. The van der Waals surface area contributed by atoms with Gasteiger partial charge in [-0.25, -0.2) is 9.97 Å². The minimum atomic E-state index is -0.106. The zero-order chi connectivity index (χ0) is 13.7. The summed E-state index contributed by atoms with van der Waals surface area (Å²) in [6.07, 6.45) is 6.72.